The summed E-state index contributed by atoms with van der Waals surface area (Å²) in [5.74, 6) is 1.35. The molecule has 2 aliphatic heterocycles. The van der Waals surface area contributed by atoms with E-state index in [4.69, 9.17) is 4.99 Å². The van der Waals surface area contributed by atoms with Crippen molar-refractivity contribution in [2.45, 2.75) is 45.6 Å². The minimum absolute atomic E-state index is 0.236. The molecular formula is C26H38FN5. The number of aryl methyl sites for hydroxylation is 1. The molecule has 6 heteroatoms. The summed E-state index contributed by atoms with van der Waals surface area (Å²) in [6, 6.07) is 5.91. The van der Waals surface area contributed by atoms with Crippen LogP contribution in [0.5, 0.6) is 0 Å². The fraction of sp³-hybridized carbons (Fsp3) is 0.500. The Morgan fingerprint density at radius 3 is 3.00 bits per heavy atom. The fourth-order valence-corrected chi connectivity index (χ4v) is 4.22. The molecule has 3 rings (SSSR count). The van der Waals surface area contributed by atoms with Crippen LogP contribution in [0.2, 0.25) is 0 Å². The van der Waals surface area contributed by atoms with Crippen LogP contribution in [-0.4, -0.2) is 61.4 Å². The van der Waals surface area contributed by atoms with Gasteiger partial charge in [0.15, 0.2) is 0 Å². The Morgan fingerprint density at radius 1 is 1.38 bits per heavy atom. The first kappa shape index (κ1) is 24.2. The van der Waals surface area contributed by atoms with Crippen LogP contribution < -0.4 is 10.6 Å². The molecule has 0 saturated carbocycles. The van der Waals surface area contributed by atoms with Crippen molar-refractivity contribution in [1.29, 1.82) is 0 Å². The second-order valence-electron chi connectivity index (χ2n) is 8.71. The minimum atomic E-state index is -0.236. The third-order valence-corrected chi connectivity index (χ3v) is 6.03. The lowest BCUT2D eigenvalue weighted by atomic mass is 9.99. The quantitative estimate of drug-likeness (QED) is 0.639. The molecule has 174 valence electrons. The minimum Gasteiger partial charge on any atom is -0.337 e. The van der Waals surface area contributed by atoms with Crippen molar-refractivity contribution in [3.63, 3.8) is 0 Å². The molecular weight excluding hydrogens is 401 g/mol. The molecule has 2 heterocycles. The summed E-state index contributed by atoms with van der Waals surface area (Å²) in [6.07, 6.45) is 9.98. The lowest BCUT2D eigenvalue weighted by Gasteiger charge is -2.27. The van der Waals surface area contributed by atoms with Gasteiger partial charge in [0.2, 0.25) is 0 Å². The molecule has 1 aromatic carbocycles. The van der Waals surface area contributed by atoms with Gasteiger partial charge < -0.3 is 15.5 Å². The van der Waals surface area contributed by atoms with Crippen LogP contribution in [0.1, 0.15) is 44.2 Å². The molecule has 0 bridgehead atoms. The van der Waals surface area contributed by atoms with Crippen molar-refractivity contribution in [1.82, 2.24) is 20.4 Å². The van der Waals surface area contributed by atoms with Crippen LogP contribution >= 0.6 is 0 Å². The monoisotopic (exact) mass is 439 g/mol. The highest BCUT2D eigenvalue weighted by Crippen LogP contribution is 2.26. The molecule has 0 aromatic heterocycles. The molecule has 1 aromatic rings. The lowest BCUT2D eigenvalue weighted by Crippen LogP contribution is -2.37. The highest BCUT2D eigenvalue weighted by atomic mass is 19.1. The second-order valence-corrected chi connectivity index (χ2v) is 8.71. The molecule has 1 fully saturated rings. The third-order valence-electron chi connectivity index (χ3n) is 6.03. The van der Waals surface area contributed by atoms with Gasteiger partial charge in [-0.25, -0.2) is 4.39 Å². The van der Waals surface area contributed by atoms with Gasteiger partial charge in [-0.15, -0.1) is 0 Å². The van der Waals surface area contributed by atoms with Crippen molar-refractivity contribution in [2.24, 2.45) is 4.99 Å². The van der Waals surface area contributed by atoms with Crippen molar-refractivity contribution in [3.05, 3.63) is 65.9 Å². The number of rotatable bonds is 8. The first-order chi connectivity index (χ1) is 15.5. The number of amidine groups is 1. The zero-order valence-electron chi connectivity index (χ0n) is 19.8. The van der Waals surface area contributed by atoms with E-state index in [9.17, 15) is 4.39 Å². The lowest BCUT2D eigenvalue weighted by molar-refractivity contribution is 0.280. The molecule has 5 nitrogen and oxygen atoms in total. The molecule has 2 aliphatic rings. The van der Waals surface area contributed by atoms with Crippen molar-refractivity contribution in [2.75, 3.05) is 39.8 Å². The summed E-state index contributed by atoms with van der Waals surface area (Å²) in [7, 11) is 1.95. The number of hydrogen-bond donors (Lipinski definition) is 2. The van der Waals surface area contributed by atoms with Gasteiger partial charge >= 0.3 is 0 Å². The van der Waals surface area contributed by atoms with E-state index in [0.29, 0.717) is 11.6 Å². The Hall–Kier alpha value is -2.44. The summed E-state index contributed by atoms with van der Waals surface area (Å²) in [5.41, 5.74) is 2.46. The second kappa shape index (κ2) is 12.0. The highest BCUT2D eigenvalue weighted by Gasteiger charge is 2.18. The number of unbranched alkanes of at least 4 members (excludes halogenated alkanes) is 1. The van der Waals surface area contributed by atoms with E-state index >= 15 is 0 Å². The van der Waals surface area contributed by atoms with Crippen LogP contribution in [0.15, 0.2) is 53.9 Å². The average Bonchev–Trinajstić information content (AvgIpc) is 3.00. The molecule has 0 aliphatic carbocycles. The zero-order valence-corrected chi connectivity index (χ0v) is 19.8. The Morgan fingerprint density at radius 2 is 2.22 bits per heavy atom. The van der Waals surface area contributed by atoms with E-state index in [0.717, 1.165) is 74.8 Å². The Labute approximate surface area is 192 Å². The van der Waals surface area contributed by atoms with Crippen LogP contribution in [0.4, 0.5) is 4.39 Å². The molecule has 32 heavy (non-hydrogen) atoms. The third kappa shape index (κ3) is 6.53. The van der Waals surface area contributed by atoms with Crippen LogP contribution in [-0.2, 0) is 6.42 Å². The Balaban J connectivity index is 1.77. The number of aliphatic imine (C=N–C) groups is 1. The molecule has 0 amide bonds. The van der Waals surface area contributed by atoms with E-state index in [2.05, 4.69) is 36.0 Å². The summed E-state index contributed by atoms with van der Waals surface area (Å²) in [4.78, 5) is 9.20. The topological polar surface area (TPSA) is 42.9 Å². The molecule has 0 radical (unpaired) electrons. The summed E-state index contributed by atoms with van der Waals surface area (Å²) in [6.45, 7) is 13.3. The zero-order chi connectivity index (χ0) is 22.9. The summed E-state index contributed by atoms with van der Waals surface area (Å²) >= 11 is 0. The van der Waals surface area contributed by atoms with Crippen molar-refractivity contribution in [3.8, 4) is 0 Å². The first-order valence-electron chi connectivity index (χ1n) is 11.9. The molecule has 2 N–H and O–H groups in total. The van der Waals surface area contributed by atoms with Crippen molar-refractivity contribution < 1.29 is 4.39 Å². The smallest absolute Gasteiger partial charge is 0.131 e. The maximum atomic E-state index is 14.8. The standard InChI is InChI=1S/C26H38FN5/c1-5-7-9-21-10-11-24(27)23(18-21)22(6-2)26-30-25(12-16-31(26)4)29-14-17-32-15-8-13-28-20(3)19-32/h6,10-12,16,18,20,28H,2,5,7-9,13-15,17,19H2,1,3-4H3,(H,29,30)/b26-22+. The summed E-state index contributed by atoms with van der Waals surface area (Å²) < 4.78 is 14.8. The van der Waals surface area contributed by atoms with Gasteiger partial charge in [0, 0.05) is 43.5 Å². The fourth-order valence-electron chi connectivity index (χ4n) is 4.22. The number of nitrogens with one attached hydrogen (secondary N) is 2. The van der Waals surface area contributed by atoms with Gasteiger partial charge in [0.1, 0.15) is 17.5 Å². The maximum absolute atomic E-state index is 14.8. The van der Waals surface area contributed by atoms with Gasteiger partial charge in [-0.3, -0.25) is 9.89 Å². The van der Waals surface area contributed by atoms with Gasteiger partial charge in [-0.1, -0.05) is 32.1 Å². The largest absolute Gasteiger partial charge is 0.337 e. The van der Waals surface area contributed by atoms with E-state index in [1.165, 1.54) is 6.42 Å². The number of benzene rings is 1. The Bertz CT molecular complexity index is 873. The normalized spacial score (nSPS) is 22.6. The van der Waals surface area contributed by atoms with Crippen molar-refractivity contribution >= 4 is 11.4 Å². The molecule has 1 unspecified atom stereocenters. The van der Waals surface area contributed by atoms with Gasteiger partial charge in [-0.05, 0) is 63.0 Å². The van der Waals surface area contributed by atoms with Crippen LogP contribution in [0, 0.1) is 5.82 Å². The van der Waals surface area contributed by atoms with Gasteiger partial charge in [0.05, 0.1) is 6.54 Å². The highest BCUT2D eigenvalue weighted by molar-refractivity contribution is 5.96. The van der Waals surface area contributed by atoms with E-state index < -0.39 is 0 Å². The Kier molecular flexibility index (Phi) is 9.06. The van der Waals surface area contributed by atoms with Gasteiger partial charge in [-0.2, -0.15) is 0 Å². The van der Waals surface area contributed by atoms with Crippen LogP contribution in [0.25, 0.3) is 5.57 Å². The van der Waals surface area contributed by atoms with E-state index in [1.54, 1.807) is 12.1 Å². The maximum Gasteiger partial charge on any atom is 0.131 e. The van der Waals surface area contributed by atoms with Gasteiger partial charge in [0.25, 0.3) is 0 Å². The van der Waals surface area contributed by atoms with Crippen LogP contribution in [0.3, 0.4) is 0 Å². The predicted octanol–water partition coefficient (Wildman–Crippen LogP) is 4.15. The molecule has 1 saturated heterocycles. The van der Waals surface area contributed by atoms with E-state index in [1.807, 2.05) is 36.4 Å². The number of hydrogen-bond acceptors (Lipinski definition) is 4. The molecule has 0 spiro atoms. The number of allylic oxidation sites excluding steroid dienone is 2. The number of nitrogens with zero attached hydrogens (tertiary/aromatic N) is 3. The molecule has 1 atom stereocenters. The SMILES string of the molecule is C=C/C(=C1/NC(=NCCN2CCCNC(C)C2)C=CN1C)c1cc(CCCC)ccc1F. The summed E-state index contributed by atoms with van der Waals surface area (Å²) in [5, 5.41) is 6.93. The number of halogens is 1. The van der Waals surface area contributed by atoms with E-state index in [-0.39, 0.29) is 5.82 Å². The average molecular weight is 440 g/mol. The first-order valence-corrected chi connectivity index (χ1v) is 11.9. The predicted molar refractivity (Wildman–Crippen MR) is 133 cm³/mol.